The Labute approximate surface area is 259 Å². The molecule has 1 atom stereocenters. The van der Waals surface area contributed by atoms with Crippen LogP contribution >= 0.6 is 11.3 Å². The third-order valence-corrected chi connectivity index (χ3v) is 9.61. The minimum Gasteiger partial charge on any atom is -0.506 e. The summed E-state index contributed by atoms with van der Waals surface area (Å²) in [4.78, 5) is 31.5. The smallest absolute Gasteiger partial charge is 0.305 e. The van der Waals surface area contributed by atoms with Crippen LogP contribution in [0, 0.1) is 0 Å². The average Bonchev–Trinajstić information content (AvgIpc) is 3.64. The number of phenols is 1. The Hall–Kier alpha value is -3.68. The molecule has 0 saturated carbocycles. The third-order valence-electron chi connectivity index (χ3n) is 8.68. The number of fused-ring (bicyclic) bond motifs is 1. The van der Waals surface area contributed by atoms with Crippen molar-refractivity contribution in [2.75, 3.05) is 52.5 Å². The number of carbonyl (C=O) groups is 1. The maximum atomic E-state index is 13.0. The van der Waals surface area contributed by atoms with E-state index in [2.05, 4.69) is 15.2 Å². The number of H-pyrrole nitrogens is 1. The lowest BCUT2D eigenvalue weighted by molar-refractivity contribution is -0.127. The van der Waals surface area contributed by atoms with Gasteiger partial charge in [-0.1, -0.05) is 29.5 Å². The van der Waals surface area contributed by atoms with Gasteiger partial charge in [0.15, 0.2) is 0 Å². The molecule has 2 fully saturated rings. The van der Waals surface area contributed by atoms with Gasteiger partial charge in [0.2, 0.25) is 0 Å². The van der Waals surface area contributed by atoms with Crippen LogP contribution < -0.4 is 14.9 Å². The van der Waals surface area contributed by atoms with E-state index in [-0.39, 0.29) is 22.1 Å². The molecule has 11 nitrogen and oxygen atoms in total. The maximum Gasteiger partial charge on any atom is 0.305 e. The number of morpholine rings is 1. The van der Waals surface area contributed by atoms with Crippen molar-refractivity contribution in [3.63, 3.8) is 0 Å². The Morgan fingerprint density at radius 1 is 1.16 bits per heavy atom. The first kappa shape index (κ1) is 30.4. The highest BCUT2D eigenvalue weighted by molar-refractivity contribution is 7.16. The number of ether oxygens (including phenoxy) is 2. The monoisotopic (exact) mass is 621 g/mol. The van der Waals surface area contributed by atoms with Gasteiger partial charge in [-0.15, -0.1) is 0 Å². The number of rotatable bonds is 10. The zero-order chi connectivity index (χ0) is 30.7. The van der Waals surface area contributed by atoms with Crippen molar-refractivity contribution in [3.8, 4) is 11.5 Å². The third kappa shape index (κ3) is 6.69. The van der Waals surface area contributed by atoms with E-state index in [1.54, 1.807) is 6.07 Å². The number of aliphatic hydroxyl groups is 1. The molecule has 0 radical (unpaired) electrons. The molecule has 4 N–H and O–H groups in total. The first-order valence-electron chi connectivity index (χ1n) is 15.0. The number of nitrogens with zero attached hydrogens (tertiary/aromatic N) is 3. The Morgan fingerprint density at radius 2 is 1.95 bits per heavy atom. The number of likely N-dealkylation sites (tertiary alicyclic amines) is 1. The standard InChI is InChI=1S/C32H39N5O6S/c1-35-12-2-3-25(35)30(40)37-16-18-43-32(21-37)10-13-36(14-11-32)15-17-42-23-6-4-22(5-7-23)19-33-20-27(39)24-8-9-26(38)28-29(24)44-31(41)34-28/h2-9,12,27,33,38-39H,10-11,13-21H2,1H3,(H,34,41)/t27-/m0/s1. The van der Waals surface area contributed by atoms with Gasteiger partial charge in [0.1, 0.15) is 29.3 Å². The quantitative estimate of drug-likeness (QED) is 0.213. The first-order chi connectivity index (χ1) is 21.3. The molecule has 0 bridgehead atoms. The summed E-state index contributed by atoms with van der Waals surface area (Å²) in [6, 6.07) is 14.8. The van der Waals surface area contributed by atoms with Crippen molar-refractivity contribution in [1.82, 2.24) is 24.7 Å². The number of benzene rings is 2. The normalized spacial score (nSPS) is 17.7. The van der Waals surface area contributed by atoms with Crippen LogP contribution in [0.15, 0.2) is 59.5 Å². The summed E-state index contributed by atoms with van der Waals surface area (Å²) >= 11 is 0.979. The first-order valence-corrected chi connectivity index (χ1v) is 15.8. The summed E-state index contributed by atoms with van der Waals surface area (Å²) in [6.07, 6.45) is 2.86. The zero-order valence-corrected chi connectivity index (χ0v) is 25.6. The molecular weight excluding hydrogens is 582 g/mol. The van der Waals surface area contributed by atoms with Crippen molar-refractivity contribution in [2.24, 2.45) is 7.05 Å². The van der Waals surface area contributed by atoms with E-state index < -0.39 is 6.10 Å². The fraction of sp³-hybridized carbons (Fsp3) is 0.438. The topological polar surface area (TPSA) is 132 Å². The van der Waals surface area contributed by atoms with Gasteiger partial charge in [0, 0.05) is 58.1 Å². The lowest BCUT2D eigenvalue weighted by atomic mass is 9.89. The van der Waals surface area contributed by atoms with E-state index in [1.807, 2.05) is 59.1 Å². The minimum absolute atomic E-state index is 0.00663. The predicted molar refractivity (Wildman–Crippen MR) is 168 cm³/mol. The molecular formula is C32H39N5O6S. The molecule has 234 valence electrons. The van der Waals surface area contributed by atoms with E-state index in [1.165, 1.54) is 6.07 Å². The molecule has 1 amide bonds. The van der Waals surface area contributed by atoms with Crippen molar-refractivity contribution < 1.29 is 24.5 Å². The Bertz CT molecular complexity index is 1640. The van der Waals surface area contributed by atoms with Crippen molar-refractivity contribution in [3.05, 3.63) is 81.2 Å². The summed E-state index contributed by atoms with van der Waals surface area (Å²) in [5.41, 5.74) is 2.46. The molecule has 2 aliphatic heterocycles. The number of aromatic amines is 1. The number of aromatic nitrogens is 2. The van der Waals surface area contributed by atoms with Crippen LogP contribution in [0.25, 0.3) is 10.2 Å². The number of carbonyl (C=O) groups excluding carboxylic acids is 1. The lowest BCUT2D eigenvalue weighted by Gasteiger charge is -2.47. The predicted octanol–water partition coefficient (Wildman–Crippen LogP) is 2.84. The molecule has 0 aliphatic carbocycles. The number of hydrogen-bond donors (Lipinski definition) is 4. The van der Waals surface area contributed by atoms with Crippen LogP contribution in [0.4, 0.5) is 0 Å². The molecule has 2 aromatic carbocycles. The average molecular weight is 622 g/mol. The largest absolute Gasteiger partial charge is 0.506 e. The highest BCUT2D eigenvalue weighted by Gasteiger charge is 2.41. The molecule has 44 heavy (non-hydrogen) atoms. The molecule has 6 rings (SSSR count). The van der Waals surface area contributed by atoms with Gasteiger partial charge in [-0.25, -0.2) is 0 Å². The number of nitrogens with one attached hydrogen (secondary N) is 2. The van der Waals surface area contributed by atoms with Crippen LogP contribution in [-0.4, -0.2) is 93.6 Å². The summed E-state index contributed by atoms with van der Waals surface area (Å²) in [5, 5.41) is 23.9. The molecule has 0 unspecified atom stereocenters. The Kier molecular flexibility index (Phi) is 9.06. The fourth-order valence-corrected chi connectivity index (χ4v) is 7.03. The van der Waals surface area contributed by atoms with Crippen molar-refractivity contribution in [1.29, 1.82) is 0 Å². The maximum absolute atomic E-state index is 13.0. The second kappa shape index (κ2) is 13.1. The van der Waals surface area contributed by atoms with Gasteiger partial charge in [0.25, 0.3) is 5.91 Å². The summed E-state index contributed by atoms with van der Waals surface area (Å²) in [6.45, 7) is 5.92. The second-order valence-corrected chi connectivity index (χ2v) is 12.6. The van der Waals surface area contributed by atoms with Crippen LogP contribution in [0.2, 0.25) is 0 Å². The zero-order valence-electron chi connectivity index (χ0n) is 24.8. The Balaban J connectivity index is 0.912. The SMILES string of the molecule is Cn1cccc1C(=O)N1CCOC2(CCN(CCOc3ccc(CNC[C@H](O)c4ccc(O)c5[nH]c(=O)sc45)cc3)CC2)C1. The summed E-state index contributed by atoms with van der Waals surface area (Å²) in [5.74, 6) is 0.873. The van der Waals surface area contributed by atoms with Gasteiger partial charge in [0.05, 0.1) is 29.6 Å². The van der Waals surface area contributed by atoms with E-state index in [0.717, 1.165) is 55.1 Å². The molecule has 2 aromatic heterocycles. The highest BCUT2D eigenvalue weighted by atomic mass is 32.1. The van der Waals surface area contributed by atoms with E-state index in [4.69, 9.17) is 9.47 Å². The number of aromatic hydroxyl groups is 1. The van der Waals surface area contributed by atoms with E-state index in [0.29, 0.717) is 60.9 Å². The minimum atomic E-state index is -0.822. The van der Waals surface area contributed by atoms with Gasteiger partial charge in [-0.3, -0.25) is 14.5 Å². The van der Waals surface area contributed by atoms with Gasteiger partial charge < -0.3 is 39.5 Å². The molecule has 2 saturated heterocycles. The molecule has 12 heteroatoms. The molecule has 4 aromatic rings. The van der Waals surface area contributed by atoms with Crippen LogP contribution in [0.5, 0.6) is 11.5 Å². The summed E-state index contributed by atoms with van der Waals surface area (Å²) < 4.78 is 14.7. The molecule has 4 heterocycles. The van der Waals surface area contributed by atoms with Gasteiger partial charge in [-0.2, -0.15) is 0 Å². The van der Waals surface area contributed by atoms with Crippen molar-refractivity contribution in [2.45, 2.75) is 31.1 Å². The van der Waals surface area contributed by atoms with E-state index >= 15 is 0 Å². The summed E-state index contributed by atoms with van der Waals surface area (Å²) in [7, 11) is 1.90. The number of amides is 1. The number of aliphatic hydroxyl groups excluding tert-OH is 1. The fourth-order valence-electron chi connectivity index (χ4n) is 6.11. The highest BCUT2D eigenvalue weighted by Crippen LogP contribution is 2.32. The van der Waals surface area contributed by atoms with Crippen LogP contribution in [-0.2, 0) is 18.3 Å². The molecule has 1 spiro atoms. The lowest BCUT2D eigenvalue weighted by Crippen LogP contribution is -2.58. The van der Waals surface area contributed by atoms with Gasteiger partial charge in [-0.05, 0) is 48.7 Å². The number of piperidine rings is 1. The number of phenolic OH excluding ortho intramolecular Hbond substituents is 1. The van der Waals surface area contributed by atoms with Gasteiger partial charge >= 0.3 is 4.87 Å². The number of hydrogen-bond acceptors (Lipinski definition) is 9. The number of aryl methyl sites for hydroxylation is 1. The van der Waals surface area contributed by atoms with E-state index in [9.17, 15) is 19.8 Å². The van der Waals surface area contributed by atoms with Crippen molar-refractivity contribution >= 4 is 27.5 Å². The van der Waals surface area contributed by atoms with Crippen LogP contribution in [0.3, 0.4) is 0 Å². The van der Waals surface area contributed by atoms with Crippen LogP contribution in [0.1, 0.15) is 40.6 Å². The second-order valence-electron chi connectivity index (χ2n) is 11.6. The number of thiazole rings is 1. The molecule has 2 aliphatic rings. The Morgan fingerprint density at radius 3 is 2.70 bits per heavy atom.